The number of amides is 2. The molecule has 0 radical (unpaired) electrons. The Morgan fingerprint density at radius 2 is 1.74 bits per heavy atom. The summed E-state index contributed by atoms with van der Waals surface area (Å²) < 4.78 is 0.538. The summed E-state index contributed by atoms with van der Waals surface area (Å²) in [7, 11) is 0. The average Bonchev–Trinajstić information content (AvgIpc) is 2.83. The first-order valence-corrected chi connectivity index (χ1v) is 8.44. The SMILES string of the molecule is O=C1[C@@H]2[C@H](C(=O)N1/N=C\c1ccc(O)c(Br)c1)[C@H]1C=C[C@H]2CC1. The van der Waals surface area contributed by atoms with Crippen molar-refractivity contribution in [1.82, 2.24) is 5.01 Å². The van der Waals surface area contributed by atoms with E-state index in [1.54, 1.807) is 12.1 Å². The van der Waals surface area contributed by atoms with Crippen molar-refractivity contribution in [3.8, 4) is 5.75 Å². The van der Waals surface area contributed by atoms with Gasteiger partial charge in [0.15, 0.2) is 0 Å². The Hall–Kier alpha value is -1.95. The number of phenols is 1. The van der Waals surface area contributed by atoms with Crippen LogP contribution in [-0.4, -0.2) is 28.1 Å². The van der Waals surface area contributed by atoms with Crippen LogP contribution < -0.4 is 0 Å². The number of fused-ring (bicyclic) bond motifs is 1. The molecule has 1 aromatic carbocycles. The van der Waals surface area contributed by atoms with E-state index in [-0.39, 0.29) is 41.2 Å². The minimum absolute atomic E-state index is 0.129. The second-order valence-corrected chi connectivity index (χ2v) is 7.14. The lowest BCUT2D eigenvalue weighted by atomic mass is 9.63. The number of hydrogen-bond donors (Lipinski definition) is 1. The zero-order valence-electron chi connectivity index (χ0n) is 12.2. The van der Waals surface area contributed by atoms with Gasteiger partial charge in [0.25, 0.3) is 11.8 Å². The predicted octanol–water partition coefficient (Wildman–Crippen LogP) is 2.69. The van der Waals surface area contributed by atoms with E-state index in [1.807, 2.05) is 0 Å². The number of allylic oxidation sites excluding steroid dienone is 2. The Bertz CT molecular complexity index is 726. The molecule has 2 bridgehead atoms. The van der Waals surface area contributed by atoms with E-state index in [4.69, 9.17) is 0 Å². The summed E-state index contributed by atoms with van der Waals surface area (Å²) >= 11 is 3.23. The van der Waals surface area contributed by atoms with Crippen LogP contribution in [0.15, 0.2) is 39.9 Å². The Morgan fingerprint density at radius 3 is 2.26 bits per heavy atom. The van der Waals surface area contributed by atoms with Crippen molar-refractivity contribution in [2.24, 2.45) is 28.8 Å². The molecule has 4 aliphatic rings. The molecular weight excluding hydrogens is 360 g/mol. The number of phenolic OH excluding ortho intramolecular Hbond substituents is 1. The smallest absolute Gasteiger partial charge is 0.254 e. The summed E-state index contributed by atoms with van der Waals surface area (Å²) in [6.45, 7) is 0. The van der Waals surface area contributed by atoms with Gasteiger partial charge in [0, 0.05) is 0 Å². The van der Waals surface area contributed by atoms with Crippen LogP contribution in [0, 0.1) is 23.7 Å². The molecule has 2 amide bonds. The van der Waals surface area contributed by atoms with Crippen LogP contribution in [-0.2, 0) is 9.59 Å². The van der Waals surface area contributed by atoms with E-state index in [0.29, 0.717) is 10.0 Å². The van der Waals surface area contributed by atoms with Crippen LogP contribution in [0.1, 0.15) is 18.4 Å². The molecule has 5 rings (SSSR count). The highest BCUT2D eigenvalue weighted by atomic mass is 79.9. The Kier molecular flexibility index (Phi) is 3.37. The molecule has 1 N–H and O–H groups in total. The molecule has 6 heteroatoms. The van der Waals surface area contributed by atoms with Crippen molar-refractivity contribution in [2.75, 3.05) is 0 Å². The molecule has 1 saturated heterocycles. The first-order chi connectivity index (χ1) is 11.1. The van der Waals surface area contributed by atoms with Crippen molar-refractivity contribution in [3.63, 3.8) is 0 Å². The summed E-state index contributed by atoms with van der Waals surface area (Å²) in [6, 6.07) is 4.89. The van der Waals surface area contributed by atoms with E-state index in [2.05, 4.69) is 33.2 Å². The van der Waals surface area contributed by atoms with E-state index >= 15 is 0 Å². The molecule has 0 spiro atoms. The Morgan fingerprint density at radius 1 is 1.13 bits per heavy atom. The van der Waals surface area contributed by atoms with Crippen LogP contribution in [0.25, 0.3) is 0 Å². The third kappa shape index (κ3) is 2.24. The van der Waals surface area contributed by atoms with Crippen LogP contribution >= 0.6 is 15.9 Å². The molecule has 1 aliphatic heterocycles. The highest BCUT2D eigenvalue weighted by molar-refractivity contribution is 9.10. The van der Waals surface area contributed by atoms with Crippen molar-refractivity contribution in [3.05, 3.63) is 40.4 Å². The zero-order chi connectivity index (χ0) is 16.1. The summed E-state index contributed by atoms with van der Waals surface area (Å²) in [4.78, 5) is 25.2. The Labute approximate surface area is 141 Å². The monoisotopic (exact) mass is 374 g/mol. The number of carbonyl (C=O) groups is 2. The Balaban J connectivity index is 1.60. The van der Waals surface area contributed by atoms with Crippen molar-refractivity contribution in [1.29, 1.82) is 0 Å². The highest BCUT2D eigenvalue weighted by Crippen LogP contribution is 2.49. The number of halogens is 1. The number of hydrazone groups is 1. The first-order valence-electron chi connectivity index (χ1n) is 7.65. The number of imide groups is 1. The van der Waals surface area contributed by atoms with Gasteiger partial charge in [-0.15, -0.1) is 0 Å². The molecule has 0 aromatic heterocycles. The number of hydrogen-bond acceptors (Lipinski definition) is 4. The molecule has 1 heterocycles. The number of benzene rings is 1. The maximum absolute atomic E-state index is 12.6. The van der Waals surface area contributed by atoms with Crippen LogP contribution in [0.4, 0.5) is 0 Å². The lowest BCUT2D eigenvalue weighted by Crippen LogP contribution is -2.38. The lowest BCUT2D eigenvalue weighted by Gasteiger charge is -2.37. The van der Waals surface area contributed by atoms with Gasteiger partial charge in [-0.05, 0) is 64.4 Å². The van der Waals surface area contributed by atoms with Gasteiger partial charge in [0.2, 0.25) is 0 Å². The number of nitrogens with zero attached hydrogens (tertiary/aromatic N) is 2. The molecule has 1 aromatic rings. The van der Waals surface area contributed by atoms with E-state index in [0.717, 1.165) is 17.9 Å². The van der Waals surface area contributed by atoms with E-state index < -0.39 is 0 Å². The van der Waals surface area contributed by atoms with Crippen LogP contribution in [0.5, 0.6) is 5.75 Å². The fraction of sp³-hybridized carbons (Fsp3) is 0.353. The third-order valence-corrected chi connectivity index (χ3v) is 5.67. The molecule has 2 fully saturated rings. The lowest BCUT2D eigenvalue weighted by molar-refractivity contribution is -0.140. The topological polar surface area (TPSA) is 70.0 Å². The van der Waals surface area contributed by atoms with E-state index in [1.165, 1.54) is 12.3 Å². The normalized spacial score (nSPS) is 32.1. The predicted molar refractivity (Wildman–Crippen MR) is 87.6 cm³/mol. The molecule has 0 unspecified atom stereocenters. The van der Waals surface area contributed by atoms with Crippen LogP contribution in [0.2, 0.25) is 0 Å². The third-order valence-electron chi connectivity index (χ3n) is 5.03. The molecule has 118 valence electrons. The molecule has 4 atom stereocenters. The highest BCUT2D eigenvalue weighted by Gasteiger charge is 2.56. The summed E-state index contributed by atoms with van der Waals surface area (Å²) in [5.41, 5.74) is 0.700. The second kappa shape index (κ2) is 5.30. The van der Waals surface area contributed by atoms with Gasteiger partial charge in [-0.25, -0.2) is 0 Å². The molecule has 3 aliphatic carbocycles. The quantitative estimate of drug-likeness (QED) is 0.491. The molecule has 23 heavy (non-hydrogen) atoms. The number of aromatic hydroxyl groups is 1. The largest absolute Gasteiger partial charge is 0.507 e. The van der Waals surface area contributed by atoms with Crippen molar-refractivity contribution < 1.29 is 14.7 Å². The van der Waals surface area contributed by atoms with Gasteiger partial charge in [-0.1, -0.05) is 12.2 Å². The van der Waals surface area contributed by atoms with Crippen molar-refractivity contribution >= 4 is 34.0 Å². The van der Waals surface area contributed by atoms with Gasteiger partial charge in [0.05, 0.1) is 22.5 Å². The first kappa shape index (κ1) is 14.6. The van der Waals surface area contributed by atoms with Crippen LogP contribution in [0.3, 0.4) is 0 Å². The second-order valence-electron chi connectivity index (χ2n) is 6.29. The summed E-state index contributed by atoms with van der Waals surface area (Å²) in [5, 5.41) is 14.7. The summed E-state index contributed by atoms with van der Waals surface area (Å²) in [5.74, 6) is -0.385. The van der Waals surface area contributed by atoms with Gasteiger partial charge in [0.1, 0.15) is 5.75 Å². The molecule has 1 saturated carbocycles. The fourth-order valence-electron chi connectivity index (χ4n) is 3.90. The standard InChI is InChI=1S/C17H15BrN2O3/c18-12-7-9(1-6-13(12)21)8-19-20-16(22)14-10-2-3-11(5-4-10)15(14)17(20)23/h1-3,6-8,10-11,14-15,21H,4-5H2/b19-8-/t10-,11-,14-,15+/m0/s1. The summed E-state index contributed by atoms with van der Waals surface area (Å²) in [6.07, 6.45) is 7.61. The van der Waals surface area contributed by atoms with Gasteiger partial charge in [-0.3, -0.25) is 9.59 Å². The molecule has 5 nitrogen and oxygen atoms in total. The fourth-order valence-corrected chi connectivity index (χ4v) is 4.30. The van der Waals surface area contributed by atoms with Gasteiger partial charge in [-0.2, -0.15) is 10.1 Å². The van der Waals surface area contributed by atoms with Gasteiger partial charge >= 0.3 is 0 Å². The maximum Gasteiger partial charge on any atom is 0.254 e. The minimum atomic E-state index is -0.241. The van der Waals surface area contributed by atoms with E-state index in [9.17, 15) is 14.7 Å². The number of carbonyl (C=O) groups excluding carboxylic acids is 2. The van der Waals surface area contributed by atoms with Gasteiger partial charge < -0.3 is 5.11 Å². The minimum Gasteiger partial charge on any atom is -0.507 e. The number of rotatable bonds is 2. The zero-order valence-corrected chi connectivity index (χ0v) is 13.8. The molecular formula is C17H15BrN2O3. The van der Waals surface area contributed by atoms with Crippen molar-refractivity contribution in [2.45, 2.75) is 12.8 Å². The average molecular weight is 375 g/mol. The maximum atomic E-state index is 12.6.